The van der Waals surface area contributed by atoms with E-state index in [0.29, 0.717) is 13.2 Å². The lowest BCUT2D eigenvalue weighted by molar-refractivity contribution is 0.101. The molecule has 0 atom stereocenters. The second-order valence-electron chi connectivity index (χ2n) is 4.84. The maximum atomic E-state index is 11.3. The number of hydrogen-bond donors (Lipinski definition) is 0. The maximum absolute atomic E-state index is 11.3. The fourth-order valence-electron chi connectivity index (χ4n) is 2.10. The molecule has 4 heteroatoms. The average Bonchev–Trinajstić information content (AvgIpc) is 2.72. The number of ether oxygens (including phenoxy) is 2. The van der Waals surface area contributed by atoms with E-state index in [2.05, 4.69) is 0 Å². The van der Waals surface area contributed by atoms with Gasteiger partial charge in [-0.25, -0.2) is 0 Å². The number of rotatable bonds is 3. The van der Waals surface area contributed by atoms with Gasteiger partial charge in [0.15, 0.2) is 17.3 Å². The summed E-state index contributed by atoms with van der Waals surface area (Å²) in [6.07, 6.45) is 0.906. The normalized spacial score (nSPS) is 13.6. The topological polar surface area (TPSA) is 35.5 Å². The van der Waals surface area contributed by atoms with E-state index in [1.165, 1.54) is 0 Å². The Bertz CT molecular complexity index is 650. The van der Waals surface area contributed by atoms with Gasteiger partial charge in [-0.1, -0.05) is 23.9 Å². The van der Waals surface area contributed by atoms with E-state index >= 15 is 0 Å². The Morgan fingerprint density at radius 2 is 1.62 bits per heavy atom. The molecule has 1 aliphatic heterocycles. The van der Waals surface area contributed by atoms with Gasteiger partial charge in [0.05, 0.1) is 13.2 Å². The number of fused-ring (bicyclic) bond motifs is 1. The lowest BCUT2D eigenvalue weighted by atomic mass is 10.2. The summed E-state index contributed by atoms with van der Waals surface area (Å²) >= 11 is 1.64. The van der Waals surface area contributed by atoms with Gasteiger partial charge in [0.1, 0.15) is 0 Å². The number of hydrogen-bond acceptors (Lipinski definition) is 4. The monoisotopic (exact) mass is 300 g/mol. The Morgan fingerprint density at radius 3 is 2.33 bits per heavy atom. The van der Waals surface area contributed by atoms with Crippen molar-refractivity contribution in [3.63, 3.8) is 0 Å². The molecule has 2 aromatic carbocycles. The van der Waals surface area contributed by atoms with Crippen molar-refractivity contribution < 1.29 is 14.3 Å². The van der Waals surface area contributed by atoms with Crippen LogP contribution in [0.2, 0.25) is 0 Å². The summed E-state index contributed by atoms with van der Waals surface area (Å²) in [6.45, 7) is 2.96. The first kappa shape index (κ1) is 14.0. The molecule has 2 aromatic rings. The summed E-state index contributed by atoms with van der Waals surface area (Å²) in [5.41, 5.74) is 0.734. The van der Waals surface area contributed by atoms with Gasteiger partial charge >= 0.3 is 0 Å². The molecule has 0 bridgehead atoms. The molecule has 21 heavy (non-hydrogen) atoms. The molecule has 0 amide bonds. The second kappa shape index (κ2) is 6.22. The number of carbonyl (C=O) groups excluding carboxylic acids is 1. The van der Waals surface area contributed by atoms with E-state index in [1.54, 1.807) is 18.7 Å². The summed E-state index contributed by atoms with van der Waals surface area (Å²) in [5.74, 6) is 1.70. The summed E-state index contributed by atoms with van der Waals surface area (Å²) in [5, 5.41) is 0. The summed E-state index contributed by atoms with van der Waals surface area (Å²) in [4.78, 5) is 13.5. The van der Waals surface area contributed by atoms with Gasteiger partial charge in [-0.15, -0.1) is 0 Å². The summed E-state index contributed by atoms with van der Waals surface area (Å²) < 4.78 is 11.3. The Morgan fingerprint density at radius 1 is 0.952 bits per heavy atom. The molecule has 0 aliphatic carbocycles. The average molecular weight is 300 g/mol. The SMILES string of the molecule is CC(=O)c1ccc(Sc2ccc3c(c2)OCCCO3)cc1. The molecule has 0 saturated carbocycles. The highest BCUT2D eigenvalue weighted by Gasteiger charge is 2.11. The fraction of sp³-hybridized carbons (Fsp3) is 0.235. The second-order valence-corrected chi connectivity index (χ2v) is 5.99. The highest BCUT2D eigenvalue weighted by Crippen LogP contribution is 2.36. The predicted molar refractivity (Wildman–Crippen MR) is 82.6 cm³/mol. The van der Waals surface area contributed by atoms with Crippen molar-refractivity contribution in [2.75, 3.05) is 13.2 Å². The van der Waals surface area contributed by atoms with Crippen LogP contribution in [0.5, 0.6) is 11.5 Å². The lowest BCUT2D eigenvalue weighted by Crippen LogP contribution is -1.97. The minimum Gasteiger partial charge on any atom is -0.490 e. The van der Waals surface area contributed by atoms with Gasteiger partial charge in [-0.05, 0) is 37.3 Å². The van der Waals surface area contributed by atoms with Gasteiger partial charge in [0, 0.05) is 21.8 Å². The predicted octanol–water partition coefficient (Wildman–Crippen LogP) is 4.20. The third kappa shape index (κ3) is 3.39. The van der Waals surface area contributed by atoms with Crippen LogP contribution in [0.25, 0.3) is 0 Å². The van der Waals surface area contributed by atoms with E-state index in [-0.39, 0.29) is 5.78 Å². The minimum absolute atomic E-state index is 0.0853. The van der Waals surface area contributed by atoms with Crippen molar-refractivity contribution in [2.45, 2.75) is 23.1 Å². The van der Waals surface area contributed by atoms with Crippen LogP contribution in [0.15, 0.2) is 52.3 Å². The van der Waals surface area contributed by atoms with Crippen molar-refractivity contribution in [1.29, 1.82) is 0 Å². The van der Waals surface area contributed by atoms with Crippen molar-refractivity contribution >= 4 is 17.5 Å². The molecule has 0 saturated heterocycles. The smallest absolute Gasteiger partial charge is 0.162 e. The summed E-state index contributed by atoms with van der Waals surface area (Å²) in [6, 6.07) is 13.6. The van der Waals surface area contributed by atoms with Crippen LogP contribution in [-0.4, -0.2) is 19.0 Å². The largest absolute Gasteiger partial charge is 0.490 e. The van der Waals surface area contributed by atoms with Crippen molar-refractivity contribution in [3.8, 4) is 11.5 Å². The minimum atomic E-state index is 0.0853. The van der Waals surface area contributed by atoms with Crippen molar-refractivity contribution in [3.05, 3.63) is 48.0 Å². The lowest BCUT2D eigenvalue weighted by Gasteiger charge is -2.09. The van der Waals surface area contributed by atoms with Crippen molar-refractivity contribution in [1.82, 2.24) is 0 Å². The molecule has 0 aromatic heterocycles. The Kier molecular flexibility index (Phi) is 4.15. The fourth-order valence-corrected chi connectivity index (χ4v) is 2.95. The highest BCUT2D eigenvalue weighted by atomic mass is 32.2. The quantitative estimate of drug-likeness (QED) is 0.796. The molecule has 0 unspecified atom stereocenters. The zero-order chi connectivity index (χ0) is 14.7. The zero-order valence-corrected chi connectivity index (χ0v) is 12.6. The van der Waals surface area contributed by atoms with Crippen LogP contribution in [0.1, 0.15) is 23.7 Å². The van der Waals surface area contributed by atoms with E-state index in [4.69, 9.17) is 9.47 Å². The van der Waals surface area contributed by atoms with Crippen LogP contribution in [0.3, 0.4) is 0 Å². The van der Waals surface area contributed by atoms with Crippen molar-refractivity contribution in [2.24, 2.45) is 0 Å². The Balaban J connectivity index is 1.78. The Hall–Kier alpha value is -1.94. The molecule has 0 spiro atoms. The van der Waals surface area contributed by atoms with Gasteiger partial charge in [-0.2, -0.15) is 0 Å². The van der Waals surface area contributed by atoms with Crippen LogP contribution in [0, 0.1) is 0 Å². The Labute approximate surface area is 128 Å². The third-order valence-corrected chi connectivity index (χ3v) is 4.21. The number of Topliss-reactive ketones (excluding diaryl/α,β-unsaturated/α-hetero) is 1. The maximum Gasteiger partial charge on any atom is 0.162 e. The van der Waals surface area contributed by atoms with E-state index < -0.39 is 0 Å². The third-order valence-electron chi connectivity index (χ3n) is 3.22. The molecule has 1 aliphatic rings. The van der Waals surface area contributed by atoms with Gasteiger partial charge in [0.25, 0.3) is 0 Å². The number of ketones is 1. The molecule has 1 heterocycles. The first-order chi connectivity index (χ1) is 10.2. The molecule has 108 valence electrons. The van der Waals surface area contributed by atoms with E-state index in [0.717, 1.165) is 33.3 Å². The van der Waals surface area contributed by atoms with Gasteiger partial charge in [0.2, 0.25) is 0 Å². The standard InChI is InChI=1S/C17H16O3S/c1-12(18)13-3-5-14(6-4-13)21-15-7-8-16-17(11-15)20-10-2-9-19-16/h3-8,11H,2,9-10H2,1H3. The summed E-state index contributed by atoms with van der Waals surface area (Å²) in [7, 11) is 0. The molecular formula is C17H16O3S. The van der Waals surface area contributed by atoms with Crippen LogP contribution >= 0.6 is 11.8 Å². The zero-order valence-electron chi connectivity index (χ0n) is 11.8. The van der Waals surface area contributed by atoms with E-state index in [1.807, 2.05) is 42.5 Å². The van der Waals surface area contributed by atoms with Crippen LogP contribution < -0.4 is 9.47 Å². The first-order valence-corrected chi connectivity index (χ1v) is 7.72. The molecule has 3 nitrogen and oxygen atoms in total. The molecule has 0 N–H and O–H groups in total. The first-order valence-electron chi connectivity index (χ1n) is 6.91. The van der Waals surface area contributed by atoms with Gasteiger partial charge < -0.3 is 9.47 Å². The molecule has 3 rings (SSSR count). The number of benzene rings is 2. The van der Waals surface area contributed by atoms with Crippen LogP contribution in [-0.2, 0) is 0 Å². The number of carbonyl (C=O) groups is 1. The molecule has 0 fully saturated rings. The van der Waals surface area contributed by atoms with Crippen LogP contribution in [0.4, 0.5) is 0 Å². The molecule has 0 radical (unpaired) electrons. The molecular weight excluding hydrogens is 284 g/mol. The van der Waals surface area contributed by atoms with Gasteiger partial charge in [-0.3, -0.25) is 4.79 Å². The highest BCUT2D eigenvalue weighted by molar-refractivity contribution is 7.99. The van der Waals surface area contributed by atoms with E-state index in [9.17, 15) is 4.79 Å².